The summed E-state index contributed by atoms with van der Waals surface area (Å²) in [6.45, 7) is 1.43. The van der Waals surface area contributed by atoms with E-state index in [1.54, 1.807) is 34.4 Å². The van der Waals surface area contributed by atoms with E-state index in [0.717, 1.165) is 23.1 Å². The van der Waals surface area contributed by atoms with Crippen molar-refractivity contribution in [1.29, 1.82) is 0 Å². The second-order valence-electron chi connectivity index (χ2n) is 7.63. The van der Waals surface area contributed by atoms with Crippen molar-refractivity contribution in [3.8, 4) is 0 Å². The van der Waals surface area contributed by atoms with E-state index in [4.69, 9.17) is 4.74 Å². The highest BCUT2D eigenvalue weighted by Crippen LogP contribution is 2.41. The van der Waals surface area contributed by atoms with Crippen LogP contribution in [0.2, 0.25) is 0 Å². The lowest BCUT2D eigenvalue weighted by molar-refractivity contribution is -0.131. The molecule has 0 N–H and O–H groups in total. The molecule has 1 aromatic heterocycles. The summed E-state index contributed by atoms with van der Waals surface area (Å²) in [6.07, 6.45) is 1.91. The van der Waals surface area contributed by atoms with Crippen LogP contribution in [0.15, 0.2) is 58.8 Å². The second kappa shape index (κ2) is 7.68. The molecule has 2 aliphatic heterocycles. The quantitative estimate of drug-likeness (QED) is 0.585. The van der Waals surface area contributed by atoms with Gasteiger partial charge in [-0.1, -0.05) is 30.3 Å². The molecule has 0 radical (unpaired) electrons. The molecule has 2 aromatic carbocycles. The summed E-state index contributed by atoms with van der Waals surface area (Å²) < 4.78 is 33.4. The molecule has 5 rings (SSSR count). The molecule has 6 nitrogen and oxygen atoms in total. The largest absolute Gasteiger partial charge is 0.376 e. The monoisotopic (exact) mass is 442 g/mol. The number of hydrogen-bond acceptors (Lipinski definition) is 5. The van der Waals surface area contributed by atoms with Gasteiger partial charge in [-0.15, -0.1) is 11.3 Å². The predicted molar refractivity (Wildman–Crippen MR) is 117 cm³/mol. The number of hydrogen-bond donors (Lipinski definition) is 0. The highest BCUT2D eigenvalue weighted by atomic mass is 32.2. The Bertz CT molecular complexity index is 1180. The van der Waals surface area contributed by atoms with Gasteiger partial charge in [-0.2, -0.15) is 0 Å². The molecular weight excluding hydrogens is 420 g/mol. The van der Waals surface area contributed by atoms with Crippen molar-refractivity contribution < 1.29 is 17.9 Å². The first-order valence-corrected chi connectivity index (χ1v) is 12.3. The van der Waals surface area contributed by atoms with Crippen molar-refractivity contribution in [3.63, 3.8) is 0 Å². The fourth-order valence-electron chi connectivity index (χ4n) is 4.23. The number of anilines is 1. The average molecular weight is 443 g/mol. The molecule has 8 heteroatoms. The number of ether oxygens (including phenoxy) is 1. The molecule has 2 aliphatic rings. The molecule has 156 valence electrons. The van der Waals surface area contributed by atoms with Crippen LogP contribution >= 0.6 is 11.3 Å². The minimum atomic E-state index is -3.76. The molecule has 1 saturated heterocycles. The summed E-state index contributed by atoms with van der Waals surface area (Å²) in [5.74, 6) is -0.215. The van der Waals surface area contributed by atoms with Crippen LogP contribution in [0.3, 0.4) is 0 Å². The Hall–Kier alpha value is -2.42. The van der Waals surface area contributed by atoms with Crippen LogP contribution in [0.25, 0.3) is 10.8 Å². The van der Waals surface area contributed by atoms with Gasteiger partial charge in [0.25, 0.3) is 10.0 Å². The van der Waals surface area contributed by atoms with Crippen LogP contribution in [0, 0.1) is 0 Å². The lowest BCUT2D eigenvalue weighted by Crippen LogP contribution is -2.44. The standard InChI is InChI=1S/C22H22N2O4S2/c25-21(23(13-17-7-3-11-28-17)14-18-8-4-12-29-18)15-24-19-9-1-5-16-6-2-10-20(22(16)19)30(24,26)27/h1-2,4-6,8-10,12,17H,3,7,11,13-15H2. The smallest absolute Gasteiger partial charge is 0.265 e. The minimum absolute atomic E-state index is 0.00438. The second-order valence-corrected chi connectivity index (χ2v) is 10.5. The van der Waals surface area contributed by atoms with Gasteiger partial charge >= 0.3 is 0 Å². The lowest BCUT2D eigenvalue weighted by Gasteiger charge is -2.27. The number of rotatable bonds is 6. The van der Waals surface area contributed by atoms with E-state index in [1.165, 1.54) is 4.31 Å². The maximum absolute atomic E-state index is 13.3. The summed E-state index contributed by atoms with van der Waals surface area (Å²) in [7, 11) is -3.76. The number of sulfonamides is 1. The predicted octanol–water partition coefficient (Wildman–Crippen LogP) is 3.62. The molecule has 3 heterocycles. The summed E-state index contributed by atoms with van der Waals surface area (Å²) in [5, 5.41) is 3.53. The summed E-state index contributed by atoms with van der Waals surface area (Å²) in [4.78, 5) is 16.4. The molecular formula is C22H22N2O4S2. The summed E-state index contributed by atoms with van der Waals surface area (Å²) in [6, 6.07) is 14.7. The topological polar surface area (TPSA) is 66.9 Å². The van der Waals surface area contributed by atoms with Gasteiger partial charge in [-0.05, 0) is 41.8 Å². The minimum Gasteiger partial charge on any atom is -0.376 e. The van der Waals surface area contributed by atoms with Crippen LogP contribution in [0.4, 0.5) is 5.69 Å². The zero-order chi connectivity index (χ0) is 20.7. The number of carbonyl (C=O) groups is 1. The third-order valence-corrected chi connectivity index (χ3v) is 8.35. The maximum Gasteiger partial charge on any atom is 0.265 e. The maximum atomic E-state index is 13.3. The molecule has 30 heavy (non-hydrogen) atoms. The number of carbonyl (C=O) groups excluding carboxylic acids is 1. The number of thiophene rings is 1. The van der Waals surface area contributed by atoms with Crippen LogP contribution in [-0.4, -0.2) is 45.0 Å². The zero-order valence-electron chi connectivity index (χ0n) is 16.4. The van der Waals surface area contributed by atoms with E-state index in [2.05, 4.69) is 0 Å². The van der Waals surface area contributed by atoms with Gasteiger partial charge in [-0.25, -0.2) is 8.42 Å². The Morgan fingerprint density at radius 2 is 2.00 bits per heavy atom. The highest BCUT2D eigenvalue weighted by molar-refractivity contribution is 7.93. The van der Waals surface area contributed by atoms with Gasteiger partial charge in [0.15, 0.2) is 0 Å². The van der Waals surface area contributed by atoms with Crippen LogP contribution in [0.5, 0.6) is 0 Å². The normalized spacial score (nSPS) is 19.5. The Balaban J connectivity index is 1.44. The van der Waals surface area contributed by atoms with E-state index < -0.39 is 10.0 Å². The van der Waals surface area contributed by atoms with Crippen molar-refractivity contribution in [1.82, 2.24) is 4.90 Å². The van der Waals surface area contributed by atoms with Gasteiger partial charge in [0.05, 0.1) is 23.2 Å². The van der Waals surface area contributed by atoms with E-state index in [1.807, 2.05) is 35.7 Å². The van der Waals surface area contributed by atoms with Gasteiger partial charge in [-0.3, -0.25) is 9.10 Å². The third-order valence-electron chi connectivity index (χ3n) is 5.69. The first kappa shape index (κ1) is 19.5. The molecule has 0 bridgehead atoms. The van der Waals surface area contributed by atoms with Gasteiger partial charge in [0, 0.05) is 23.4 Å². The molecule has 1 unspecified atom stereocenters. The Morgan fingerprint density at radius 3 is 2.73 bits per heavy atom. The summed E-state index contributed by atoms with van der Waals surface area (Å²) >= 11 is 1.59. The van der Waals surface area contributed by atoms with Crippen molar-refractivity contribution in [2.75, 3.05) is 24.0 Å². The Kier molecular flexibility index (Phi) is 5.00. The highest BCUT2D eigenvalue weighted by Gasteiger charge is 2.37. The average Bonchev–Trinajstić information content (AvgIpc) is 3.47. The van der Waals surface area contributed by atoms with E-state index in [9.17, 15) is 13.2 Å². The number of amides is 1. The van der Waals surface area contributed by atoms with Crippen LogP contribution in [-0.2, 0) is 26.1 Å². The summed E-state index contributed by atoms with van der Waals surface area (Å²) in [5.41, 5.74) is 0.574. The molecule has 1 atom stereocenters. The molecule has 0 aliphatic carbocycles. The lowest BCUT2D eigenvalue weighted by atomic mass is 10.1. The van der Waals surface area contributed by atoms with E-state index in [-0.39, 0.29) is 23.5 Å². The van der Waals surface area contributed by atoms with Crippen molar-refractivity contribution in [2.45, 2.75) is 30.4 Å². The van der Waals surface area contributed by atoms with Crippen molar-refractivity contribution in [3.05, 3.63) is 58.8 Å². The fourth-order valence-corrected chi connectivity index (χ4v) is 6.61. The van der Waals surface area contributed by atoms with Crippen LogP contribution in [0.1, 0.15) is 17.7 Å². The number of nitrogens with zero attached hydrogens (tertiary/aromatic N) is 2. The number of benzene rings is 2. The molecule has 0 spiro atoms. The zero-order valence-corrected chi connectivity index (χ0v) is 18.0. The van der Waals surface area contributed by atoms with E-state index in [0.29, 0.717) is 30.8 Å². The molecule has 3 aromatic rings. The van der Waals surface area contributed by atoms with Gasteiger partial charge in [0.2, 0.25) is 5.91 Å². The van der Waals surface area contributed by atoms with Gasteiger partial charge in [0.1, 0.15) is 6.54 Å². The SMILES string of the molecule is O=C(CN1c2cccc3cccc(c23)S1(=O)=O)N(Cc1cccs1)CC1CCCO1. The third kappa shape index (κ3) is 3.38. The van der Waals surface area contributed by atoms with Gasteiger partial charge < -0.3 is 9.64 Å². The first-order chi connectivity index (χ1) is 14.5. The van der Waals surface area contributed by atoms with Crippen molar-refractivity contribution >= 4 is 43.7 Å². The fraction of sp³-hybridized carbons (Fsp3) is 0.318. The Labute approximate surface area is 179 Å². The molecule has 0 saturated carbocycles. The molecule has 1 fully saturated rings. The van der Waals surface area contributed by atoms with Crippen LogP contribution < -0.4 is 4.31 Å². The van der Waals surface area contributed by atoms with E-state index >= 15 is 0 Å². The Morgan fingerprint density at radius 1 is 1.17 bits per heavy atom. The first-order valence-electron chi connectivity index (χ1n) is 10.0. The van der Waals surface area contributed by atoms with Crippen molar-refractivity contribution in [2.24, 2.45) is 0 Å². The molecule has 1 amide bonds.